The largest absolute Gasteiger partial charge is 0.445 e. The lowest BCUT2D eigenvalue weighted by Crippen LogP contribution is -2.24. The number of anilines is 1. The number of nitrogens with two attached hydrogens (primary N) is 1. The van der Waals surface area contributed by atoms with Crippen LogP contribution in [0.15, 0.2) is 27.6 Å². The van der Waals surface area contributed by atoms with Crippen LogP contribution in [0.5, 0.6) is 0 Å². The number of nitrogen functional groups attached to an aromatic ring is 1. The fourth-order valence-corrected chi connectivity index (χ4v) is 2.83. The second-order valence-electron chi connectivity index (χ2n) is 4.34. The quantitative estimate of drug-likeness (QED) is 0.833. The smallest absolute Gasteiger partial charge is 0.244 e. The van der Waals surface area contributed by atoms with Gasteiger partial charge in [0.1, 0.15) is 16.5 Å². The van der Waals surface area contributed by atoms with Crippen LogP contribution in [0, 0.1) is 19.7 Å². The van der Waals surface area contributed by atoms with Crippen LogP contribution in [0.1, 0.15) is 17.2 Å². The highest BCUT2D eigenvalue weighted by molar-refractivity contribution is 7.89. The molecule has 0 amide bonds. The lowest BCUT2D eigenvalue weighted by Gasteiger charge is -2.09. The lowest BCUT2D eigenvalue weighted by molar-refractivity contribution is 0.462. The monoisotopic (exact) mass is 299 g/mol. The van der Waals surface area contributed by atoms with E-state index in [0.29, 0.717) is 5.76 Å². The summed E-state index contributed by atoms with van der Waals surface area (Å²) in [6.45, 7) is 2.97. The molecule has 1 aromatic heterocycles. The molecule has 3 N–H and O–H groups in total. The predicted octanol–water partition coefficient (Wildman–Crippen LogP) is 1.49. The molecule has 0 aliphatic rings. The zero-order chi connectivity index (χ0) is 14.9. The topological polar surface area (TPSA) is 98.2 Å². The summed E-state index contributed by atoms with van der Waals surface area (Å²) in [5.74, 6) is -0.0624. The maximum absolute atomic E-state index is 13.9. The number of sulfonamides is 1. The summed E-state index contributed by atoms with van der Waals surface area (Å²) in [5.41, 5.74) is 5.89. The minimum Gasteiger partial charge on any atom is -0.445 e. The molecule has 0 aliphatic heterocycles. The van der Waals surface area contributed by atoms with Gasteiger partial charge in [-0.2, -0.15) is 0 Å². The number of benzene rings is 1. The number of oxazole rings is 1. The summed E-state index contributed by atoms with van der Waals surface area (Å²) in [4.78, 5) is 3.37. The third kappa shape index (κ3) is 2.97. The molecule has 8 heteroatoms. The first-order valence-corrected chi connectivity index (χ1v) is 7.24. The number of hydrogen-bond acceptors (Lipinski definition) is 5. The normalized spacial score (nSPS) is 11.8. The van der Waals surface area contributed by atoms with E-state index in [0.717, 1.165) is 6.07 Å². The highest BCUT2D eigenvalue weighted by Crippen LogP contribution is 2.21. The Bertz CT molecular complexity index is 740. The molecule has 1 aromatic carbocycles. The van der Waals surface area contributed by atoms with Crippen LogP contribution in [0.4, 0.5) is 10.1 Å². The van der Waals surface area contributed by atoms with Crippen molar-refractivity contribution in [1.82, 2.24) is 9.71 Å². The van der Waals surface area contributed by atoms with Crippen molar-refractivity contribution < 1.29 is 17.2 Å². The van der Waals surface area contributed by atoms with E-state index in [4.69, 9.17) is 10.2 Å². The molecule has 0 saturated carbocycles. The molecule has 20 heavy (non-hydrogen) atoms. The molecular formula is C12H14FN3O3S. The van der Waals surface area contributed by atoms with Gasteiger partial charge in [-0.1, -0.05) is 0 Å². The minimum absolute atomic E-state index is 0.163. The molecule has 0 radical (unpaired) electrons. The molecule has 108 valence electrons. The molecule has 6 nitrogen and oxygen atoms in total. The highest BCUT2D eigenvalue weighted by Gasteiger charge is 2.21. The zero-order valence-corrected chi connectivity index (χ0v) is 11.8. The molecule has 0 saturated heterocycles. The second-order valence-corrected chi connectivity index (χ2v) is 6.07. The van der Waals surface area contributed by atoms with Crippen LogP contribution in [0.2, 0.25) is 0 Å². The van der Waals surface area contributed by atoms with Crippen molar-refractivity contribution in [3.8, 4) is 0 Å². The Morgan fingerprint density at radius 2 is 2.10 bits per heavy atom. The number of rotatable bonds is 4. The molecule has 1 heterocycles. The van der Waals surface area contributed by atoms with Gasteiger partial charge in [0.25, 0.3) is 0 Å². The maximum Gasteiger partial charge on any atom is 0.244 e. The van der Waals surface area contributed by atoms with E-state index in [2.05, 4.69) is 9.71 Å². The van der Waals surface area contributed by atoms with Gasteiger partial charge in [0.15, 0.2) is 0 Å². The Morgan fingerprint density at radius 3 is 2.70 bits per heavy atom. The van der Waals surface area contributed by atoms with E-state index >= 15 is 0 Å². The van der Waals surface area contributed by atoms with Crippen molar-refractivity contribution in [3.05, 3.63) is 41.4 Å². The Morgan fingerprint density at radius 1 is 1.40 bits per heavy atom. The van der Waals surface area contributed by atoms with E-state index in [1.807, 2.05) is 0 Å². The van der Waals surface area contributed by atoms with Gasteiger partial charge in [-0.05, 0) is 31.5 Å². The molecule has 0 bridgehead atoms. The number of aryl methyl sites for hydroxylation is 2. The second kappa shape index (κ2) is 5.22. The molecule has 0 atom stereocenters. The number of hydrogen-bond donors (Lipinski definition) is 2. The molecule has 0 aliphatic carbocycles. The third-order valence-corrected chi connectivity index (χ3v) is 4.02. The van der Waals surface area contributed by atoms with E-state index in [-0.39, 0.29) is 23.7 Å². The fraction of sp³-hybridized carbons (Fsp3) is 0.250. The van der Waals surface area contributed by atoms with Crippen LogP contribution in [0.3, 0.4) is 0 Å². The molecule has 0 fully saturated rings. The van der Waals surface area contributed by atoms with Gasteiger partial charge in [0.2, 0.25) is 15.9 Å². The van der Waals surface area contributed by atoms with Crippen LogP contribution in [-0.2, 0) is 16.6 Å². The van der Waals surface area contributed by atoms with Crippen molar-refractivity contribution in [2.24, 2.45) is 0 Å². The predicted molar refractivity (Wildman–Crippen MR) is 70.8 cm³/mol. The SMILES string of the molecule is Cc1cnc(CNS(=O)(=O)c2cc(N)cc(C)c2F)o1. The average Bonchev–Trinajstić information content (AvgIpc) is 2.77. The van der Waals surface area contributed by atoms with Crippen LogP contribution in [0.25, 0.3) is 0 Å². The highest BCUT2D eigenvalue weighted by atomic mass is 32.2. The first-order chi connectivity index (χ1) is 9.29. The summed E-state index contributed by atoms with van der Waals surface area (Å²) < 4.78 is 45.4. The van der Waals surface area contributed by atoms with Crippen molar-refractivity contribution in [2.75, 3.05) is 5.73 Å². The first-order valence-electron chi connectivity index (χ1n) is 5.76. The summed E-state index contributed by atoms with van der Waals surface area (Å²) in [7, 11) is -4.03. The van der Waals surface area contributed by atoms with Gasteiger partial charge < -0.3 is 10.2 Å². The Balaban J connectivity index is 2.27. The molecule has 2 aromatic rings. The Kier molecular flexibility index (Phi) is 3.78. The van der Waals surface area contributed by atoms with Gasteiger partial charge >= 0.3 is 0 Å². The maximum atomic E-state index is 13.9. The fourth-order valence-electron chi connectivity index (χ4n) is 1.68. The van der Waals surface area contributed by atoms with Gasteiger partial charge in [0.05, 0.1) is 12.7 Å². The van der Waals surface area contributed by atoms with Gasteiger partial charge in [-0.15, -0.1) is 0 Å². The van der Waals surface area contributed by atoms with Crippen LogP contribution >= 0.6 is 0 Å². The summed E-state index contributed by atoms with van der Waals surface area (Å²) >= 11 is 0. The standard InChI is InChI=1S/C12H14FN3O3S/c1-7-3-9(14)4-10(12(7)13)20(17,18)16-6-11-15-5-8(2)19-11/h3-5,16H,6,14H2,1-2H3. The van der Waals surface area contributed by atoms with Gasteiger partial charge in [0, 0.05) is 5.69 Å². The number of nitrogens with zero attached hydrogens (tertiary/aromatic N) is 1. The zero-order valence-electron chi connectivity index (χ0n) is 11.0. The van der Waals surface area contributed by atoms with Gasteiger partial charge in [-0.3, -0.25) is 0 Å². The summed E-state index contributed by atoms with van der Waals surface area (Å²) in [6, 6.07) is 2.44. The van der Waals surface area contributed by atoms with Crippen molar-refractivity contribution >= 4 is 15.7 Å². The summed E-state index contributed by atoms with van der Waals surface area (Å²) in [5, 5.41) is 0. The number of aromatic nitrogens is 1. The summed E-state index contributed by atoms with van der Waals surface area (Å²) in [6.07, 6.45) is 1.47. The molecular weight excluding hydrogens is 285 g/mol. The van der Waals surface area contributed by atoms with Gasteiger partial charge in [-0.25, -0.2) is 22.5 Å². The van der Waals surface area contributed by atoms with Crippen LogP contribution < -0.4 is 10.5 Å². The van der Waals surface area contributed by atoms with E-state index in [1.165, 1.54) is 19.2 Å². The molecule has 0 unspecified atom stereocenters. The number of halogens is 1. The third-order valence-electron chi connectivity index (χ3n) is 2.62. The van der Waals surface area contributed by atoms with Crippen molar-refractivity contribution in [1.29, 1.82) is 0 Å². The van der Waals surface area contributed by atoms with E-state index in [1.54, 1.807) is 6.92 Å². The minimum atomic E-state index is -4.03. The molecule has 2 rings (SSSR count). The lowest BCUT2D eigenvalue weighted by atomic mass is 10.2. The number of nitrogens with one attached hydrogen (secondary N) is 1. The van der Waals surface area contributed by atoms with E-state index < -0.39 is 20.7 Å². The van der Waals surface area contributed by atoms with Crippen LogP contribution in [-0.4, -0.2) is 13.4 Å². The average molecular weight is 299 g/mol. The van der Waals surface area contributed by atoms with Crippen molar-refractivity contribution in [3.63, 3.8) is 0 Å². The Hall–Kier alpha value is -1.93. The first kappa shape index (κ1) is 14.5. The van der Waals surface area contributed by atoms with Crippen molar-refractivity contribution in [2.45, 2.75) is 25.3 Å². The molecule has 0 spiro atoms. The van der Waals surface area contributed by atoms with E-state index in [9.17, 15) is 12.8 Å². The Labute approximate surface area is 115 Å².